The van der Waals surface area contributed by atoms with Crippen molar-refractivity contribution in [1.29, 1.82) is 0 Å². The number of amides is 1. The van der Waals surface area contributed by atoms with Gasteiger partial charge in [0.15, 0.2) is 0 Å². The molecule has 1 aliphatic heterocycles. The van der Waals surface area contributed by atoms with Crippen LogP contribution in [0.25, 0.3) is 11.4 Å². The topological polar surface area (TPSA) is 79.5 Å². The zero-order valence-corrected chi connectivity index (χ0v) is 12.8. The van der Waals surface area contributed by atoms with Crippen LogP contribution in [0.1, 0.15) is 47.8 Å². The molecule has 120 valence electrons. The first-order valence-electron chi connectivity index (χ1n) is 8.12. The number of aliphatic hydroxyl groups is 1. The lowest BCUT2D eigenvalue weighted by Gasteiger charge is -2.23. The van der Waals surface area contributed by atoms with Crippen LogP contribution in [0.3, 0.4) is 0 Å². The van der Waals surface area contributed by atoms with E-state index in [4.69, 9.17) is 4.52 Å². The lowest BCUT2D eigenvalue weighted by Crippen LogP contribution is -2.37. The van der Waals surface area contributed by atoms with E-state index in [0.29, 0.717) is 29.7 Å². The van der Waals surface area contributed by atoms with E-state index < -0.39 is 0 Å². The summed E-state index contributed by atoms with van der Waals surface area (Å²) in [6, 6.07) is 7.24. The number of carbonyl (C=O) groups is 1. The number of benzene rings is 1. The Labute approximate surface area is 134 Å². The molecule has 1 aliphatic carbocycles. The van der Waals surface area contributed by atoms with Crippen LogP contribution >= 0.6 is 0 Å². The Bertz CT molecular complexity index is 723. The highest BCUT2D eigenvalue weighted by Crippen LogP contribution is 2.39. The maximum absolute atomic E-state index is 12.7. The molecule has 1 N–H and O–H groups in total. The van der Waals surface area contributed by atoms with Crippen LogP contribution in [0.5, 0.6) is 0 Å². The highest BCUT2D eigenvalue weighted by atomic mass is 16.5. The largest absolute Gasteiger partial charge is 0.394 e. The quantitative estimate of drug-likeness (QED) is 0.936. The summed E-state index contributed by atoms with van der Waals surface area (Å²) in [7, 11) is 0. The molecule has 1 saturated heterocycles. The predicted molar refractivity (Wildman–Crippen MR) is 82.9 cm³/mol. The molecule has 1 atom stereocenters. The molecule has 2 heterocycles. The number of carbonyl (C=O) groups excluding carboxylic acids is 1. The van der Waals surface area contributed by atoms with E-state index in [0.717, 1.165) is 31.2 Å². The lowest BCUT2D eigenvalue weighted by molar-refractivity contribution is 0.0677. The molecule has 0 unspecified atom stereocenters. The maximum Gasteiger partial charge on any atom is 0.254 e. The minimum atomic E-state index is -0.0715. The van der Waals surface area contributed by atoms with Gasteiger partial charge in [-0.15, -0.1) is 0 Å². The molecule has 0 spiro atoms. The Kier molecular flexibility index (Phi) is 3.61. The first-order valence-corrected chi connectivity index (χ1v) is 8.12. The summed E-state index contributed by atoms with van der Waals surface area (Å²) in [5, 5.41) is 13.4. The molecule has 1 amide bonds. The van der Waals surface area contributed by atoms with Crippen LogP contribution in [0, 0.1) is 0 Å². The van der Waals surface area contributed by atoms with E-state index in [2.05, 4.69) is 10.1 Å². The van der Waals surface area contributed by atoms with Gasteiger partial charge < -0.3 is 14.5 Å². The number of hydrogen-bond acceptors (Lipinski definition) is 5. The summed E-state index contributed by atoms with van der Waals surface area (Å²) >= 11 is 0. The van der Waals surface area contributed by atoms with Gasteiger partial charge in [-0.25, -0.2) is 0 Å². The number of likely N-dealkylation sites (tertiary alicyclic amines) is 1. The van der Waals surface area contributed by atoms with Crippen molar-refractivity contribution in [3.05, 3.63) is 35.7 Å². The third-order valence-corrected chi connectivity index (χ3v) is 4.58. The molecule has 2 aromatic rings. The van der Waals surface area contributed by atoms with Gasteiger partial charge in [0, 0.05) is 23.6 Å². The summed E-state index contributed by atoms with van der Waals surface area (Å²) in [4.78, 5) is 18.9. The number of aromatic nitrogens is 2. The summed E-state index contributed by atoms with van der Waals surface area (Å²) in [5.74, 6) is 1.59. The molecular formula is C17H19N3O3. The first-order chi connectivity index (χ1) is 11.3. The molecule has 6 nitrogen and oxygen atoms in total. The fraction of sp³-hybridized carbons (Fsp3) is 0.471. The maximum atomic E-state index is 12.7. The minimum Gasteiger partial charge on any atom is -0.394 e. The van der Waals surface area contributed by atoms with E-state index in [9.17, 15) is 9.90 Å². The fourth-order valence-corrected chi connectivity index (χ4v) is 3.10. The molecule has 23 heavy (non-hydrogen) atoms. The van der Waals surface area contributed by atoms with Gasteiger partial charge in [0.25, 0.3) is 5.91 Å². The SMILES string of the molecule is O=C(c1cccc(-c2noc(C3CC3)n2)c1)N1CCC[C@@H]1CO. The van der Waals surface area contributed by atoms with E-state index in [1.807, 2.05) is 12.1 Å². The van der Waals surface area contributed by atoms with Crippen molar-refractivity contribution in [3.63, 3.8) is 0 Å². The van der Waals surface area contributed by atoms with E-state index in [1.165, 1.54) is 0 Å². The molecule has 0 radical (unpaired) electrons. The Balaban J connectivity index is 1.58. The Morgan fingerprint density at radius 1 is 1.35 bits per heavy atom. The summed E-state index contributed by atoms with van der Waals surface area (Å²) in [6.45, 7) is 0.712. The Morgan fingerprint density at radius 2 is 2.22 bits per heavy atom. The lowest BCUT2D eigenvalue weighted by atomic mass is 10.1. The van der Waals surface area contributed by atoms with Crippen molar-refractivity contribution in [2.75, 3.05) is 13.2 Å². The zero-order chi connectivity index (χ0) is 15.8. The van der Waals surface area contributed by atoms with Crippen molar-refractivity contribution in [2.45, 2.75) is 37.6 Å². The van der Waals surface area contributed by atoms with Crippen molar-refractivity contribution >= 4 is 5.91 Å². The highest BCUT2D eigenvalue weighted by molar-refractivity contribution is 5.95. The Hall–Kier alpha value is -2.21. The van der Waals surface area contributed by atoms with Crippen LogP contribution in [-0.2, 0) is 0 Å². The van der Waals surface area contributed by atoms with Gasteiger partial charge in [-0.1, -0.05) is 17.3 Å². The predicted octanol–water partition coefficient (Wildman–Crippen LogP) is 2.21. The molecule has 2 aliphatic rings. The van der Waals surface area contributed by atoms with Crippen molar-refractivity contribution in [2.24, 2.45) is 0 Å². The van der Waals surface area contributed by atoms with Crippen LogP contribution in [0.2, 0.25) is 0 Å². The highest BCUT2D eigenvalue weighted by Gasteiger charge is 2.31. The van der Waals surface area contributed by atoms with E-state index in [-0.39, 0.29) is 18.6 Å². The third-order valence-electron chi connectivity index (χ3n) is 4.58. The van der Waals surface area contributed by atoms with Crippen LogP contribution in [-0.4, -0.2) is 45.2 Å². The molecular weight excluding hydrogens is 294 g/mol. The summed E-state index contributed by atoms with van der Waals surface area (Å²) in [6.07, 6.45) is 4.01. The standard InChI is InChI=1S/C17H19N3O3/c21-10-14-5-2-8-20(14)17(22)13-4-1-3-12(9-13)15-18-16(23-19-15)11-6-7-11/h1,3-4,9,11,14,21H,2,5-8,10H2/t14-/m1/s1. The second kappa shape index (κ2) is 5.77. The monoisotopic (exact) mass is 313 g/mol. The second-order valence-electron chi connectivity index (χ2n) is 6.29. The molecule has 1 aromatic carbocycles. The first kappa shape index (κ1) is 14.4. The zero-order valence-electron chi connectivity index (χ0n) is 12.8. The Morgan fingerprint density at radius 3 is 3.00 bits per heavy atom. The van der Waals surface area contributed by atoms with Gasteiger partial charge in [-0.2, -0.15) is 4.98 Å². The normalized spacial score (nSPS) is 20.9. The van der Waals surface area contributed by atoms with Gasteiger partial charge in [0.05, 0.1) is 12.6 Å². The molecule has 4 rings (SSSR count). The molecule has 2 fully saturated rings. The number of rotatable bonds is 4. The second-order valence-corrected chi connectivity index (χ2v) is 6.29. The van der Waals surface area contributed by atoms with Crippen molar-refractivity contribution in [3.8, 4) is 11.4 Å². The van der Waals surface area contributed by atoms with Gasteiger partial charge >= 0.3 is 0 Å². The molecule has 6 heteroatoms. The molecule has 0 bridgehead atoms. The van der Waals surface area contributed by atoms with Gasteiger partial charge in [-0.05, 0) is 37.8 Å². The number of hydrogen-bond donors (Lipinski definition) is 1. The molecule has 1 saturated carbocycles. The average molecular weight is 313 g/mol. The summed E-state index contributed by atoms with van der Waals surface area (Å²) < 4.78 is 5.29. The smallest absolute Gasteiger partial charge is 0.254 e. The minimum absolute atomic E-state index is 0.0149. The van der Waals surface area contributed by atoms with E-state index >= 15 is 0 Å². The van der Waals surface area contributed by atoms with Crippen molar-refractivity contribution in [1.82, 2.24) is 15.0 Å². The average Bonchev–Trinajstić information content (AvgIpc) is 3.14. The fourth-order valence-electron chi connectivity index (χ4n) is 3.10. The number of aliphatic hydroxyl groups excluding tert-OH is 1. The van der Waals surface area contributed by atoms with Gasteiger partial charge in [-0.3, -0.25) is 4.79 Å². The van der Waals surface area contributed by atoms with Crippen molar-refractivity contribution < 1.29 is 14.4 Å². The number of nitrogens with zero attached hydrogens (tertiary/aromatic N) is 3. The van der Waals surface area contributed by atoms with Gasteiger partial charge in [0.2, 0.25) is 11.7 Å². The van der Waals surface area contributed by atoms with E-state index in [1.54, 1.807) is 17.0 Å². The molecule has 1 aromatic heterocycles. The third kappa shape index (κ3) is 2.74. The van der Waals surface area contributed by atoms with Crippen LogP contribution in [0.4, 0.5) is 0 Å². The van der Waals surface area contributed by atoms with Crippen LogP contribution < -0.4 is 0 Å². The summed E-state index contributed by atoms with van der Waals surface area (Å²) in [5.41, 5.74) is 1.38. The van der Waals surface area contributed by atoms with Crippen LogP contribution in [0.15, 0.2) is 28.8 Å². The van der Waals surface area contributed by atoms with Gasteiger partial charge in [0.1, 0.15) is 0 Å².